The first-order valence-corrected chi connectivity index (χ1v) is 8.71. The molecule has 0 saturated carbocycles. The zero-order chi connectivity index (χ0) is 16.5. The highest BCUT2D eigenvalue weighted by atomic mass is 127. The summed E-state index contributed by atoms with van der Waals surface area (Å²) in [5, 5.41) is 0. The number of sulfonamides is 1. The molecular weight excluding hydrogens is 440 g/mol. The largest absolute Gasteiger partial charge is 0.573 e. The van der Waals surface area contributed by atoms with E-state index in [9.17, 15) is 21.6 Å². The summed E-state index contributed by atoms with van der Waals surface area (Å²) in [7, 11) is -3.84. The standard InChI is InChI=1S/C11H12F3IN2O4S/c12-11(13,14)20-7-1-3-8(4-2-7)22(18,19)17-6-5-9(21-16)10(17)15/h1-4,9-10H,5-6,16H2. The average molecular weight is 452 g/mol. The number of rotatable bonds is 4. The van der Waals surface area contributed by atoms with Gasteiger partial charge in [-0.25, -0.2) is 14.3 Å². The smallest absolute Gasteiger partial charge is 0.406 e. The van der Waals surface area contributed by atoms with E-state index >= 15 is 0 Å². The first-order chi connectivity index (χ1) is 10.1. The topological polar surface area (TPSA) is 81.9 Å². The molecule has 0 spiro atoms. The average Bonchev–Trinajstić information content (AvgIpc) is 2.79. The lowest BCUT2D eigenvalue weighted by atomic mass is 10.3. The van der Waals surface area contributed by atoms with Gasteiger partial charge in [-0.15, -0.1) is 13.2 Å². The monoisotopic (exact) mass is 452 g/mol. The number of halogens is 4. The fourth-order valence-corrected chi connectivity index (χ4v) is 5.24. The molecule has 1 aliphatic heterocycles. The molecule has 2 atom stereocenters. The van der Waals surface area contributed by atoms with Crippen molar-refractivity contribution in [2.75, 3.05) is 6.54 Å². The van der Waals surface area contributed by atoms with E-state index in [1.807, 2.05) is 22.6 Å². The molecule has 2 rings (SSSR count). The Balaban J connectivity index is 2.20. The zero-order valence-corrected chi connectivity index (χ0v) is 13.9. The maximum absolute atomic E-state index is 12.5. The minimum Gasteiger partial charge on any atom is -0.406 e. The molecule has 22 heavy (non-hydrogen) atoms. The Hall–Kier alpha value is -0.630. The highest BCUT2D eigenvalue weighted by molar-refractivity contribution is 14.1. The molecular formula is C11H12F3IN2O4S. The van der Waals surface area contributed by atoms with Crippen LogP contribution in [0.2, 0.25) is 0 Å². The van der Waals surface area contributed by atoms with Crippen LogP contribution < -0.4 is 10.6 Å². The van der Waals surface area contributed by atoms with E-state index in [0.717, 1.165) is 24.3 Å². The van der Waals surface area contributed by atoms with Crippen LogP contribution in [0.4, 0.5) is 13.2 Å². The molecule has 0 amide bonds. The van der Waals surface area contributed by atoms with Gasteiger partial charge in [0.2, 0.25) is 10.0 Å². The van der Waals surface area contributed by atoms with Gasteiger partial charge in [-0.3, -0.25) is 4.84 Å². The highest BCUT2D eigenvalue weighted by Crippen LogP contribution is 2.32. The van der Waals surface area contributed by atoms with Crippen LogP contribution in [0.3, 0.4) is 0 Å². The van der Waals surface area contributed by atoms with Crippen molar-refractivity contribution < 1.29 is 31.2 Å². The van der Waals surface area contributed by atoms with Crippen LogP contribution in [0.5, 0.6) is 5.75 Å². The molecule has 1 saturated heterocycles. The predicted octanol–water partition coefficient (Wildman–Crippen LogP) is 2.00. The fourth-order valence-electron chi connectivity index (χ4n) is 2.04. The summed E-state index contributed by atoms with van der Waals surface area (Å²) in [6, 6.07) is 4.04. The second kappa shape index (κ2) is 6.47. The van der Waals surface area contributed by atoms with Crippen molar-refractivity contribution in [2.45, 2.75) is 27.8 Å². The summed E-state index contributed by atoms with van der Waals surface area (Å²) in [4.78, 5) is 4.58. The summed E-state index contributed by atoms with van der Waals surface area (Å²) in [5.74, 6) is 4.61. The number of nitrogens with zero attached hydrogens (tertiary/aromatic N) is 1. The first-order valence-electron chi connectivity index (χ1n) is 6.02. The molecule has 11 heteroatoms. The van der Waals surface area contributed by atoms with E-state index in [1.165, 1.54) is 4.31 Å². The molecule has 1 fully saturated rings. The van der Waals surface area contributed by atoms with Crippen molar-refractivity contribution in [1.29, 1.82) is 0 Å². The Morgan fingerprint density at radius 2 is 1.86 bits per heavy atom. The third-order valence-corrected chi connectivity index (χ3v) is 6.80. The van der Waals surface area contributed by atoms with E-state index < -0.39 is 32.3 Å². The fraction of sp³-hybridized carbons (Fsp3) is 0.455. The number of hydrogen-bond donors (Lipinski definition) is 1. The number of hydrogen-bond acceptors (Lipinski definition) is 5. The second-order valence-corrected chi connectivity index (χ2v) is 7.64. The van der Waals surface area contributed by atoms with Crippen LogP contribution in [-0.4, -0.2) is 35.8 Å². The molecule has 0 radical (unpaired) electrons. The van der Waals surface area contributed by atoms with Gasteiger partial charge in [-0.1, -0.05) is 22.6 Å². The van der Waals surface area contributed by atoms with Crippen molar-refractivity contribution in [2.24, 2.45) is 5.90 Å². The van der Waals surface area contributed by atoms with E-state index in [4.69, 9.17) is 10.7 Å². The van der Waals surface area contributed by atoms with E-state index in [0.29, 0.717) is 6.42 Å². The Bertz CT molecular complexity index is 623. The number of alkyl halides is 4. The van der Waals surface area contributed by atoms with E-state index in [2.05, 4.69) is 4.74 Å². The predicted molar refractivity (Wildman–Crippen MR) is 78.5 cm³/mol. The van der Waals surface area contributed by atoms with Crippen molar-refractivity contribution in [3.05, 3.63) is 24.3 Å². The van der Waals surface area contributed by atoms with Gasteiger partial charge in [-0.2, -0.15) is 4.31 Å². The van der Waals surface area contributed by atoms with Gasteiger partial charge >= 0.3 is 6.36 Å². The van der Waals surface area contributed by atoms with Crippen LogP contribution in [0.1, 0.15) is 6.42 Å². The molecule has 6 nitrogen and oxygen atoms in total. The van der Waals surface area contributed by atoms with Gasteiger partial charge in [0.25, 0.3) is 0 Å². The quantitative estimate of drug-likeness (QED) is 0.327. The van der Waals surface area contributed by atoms with Crippen LogP contribution >= 0.6 is 22.6 Å². The number of ether oxygens (including phenoxy) is 1. The Morgan fingerprint density at radius 1 is 1.27 bits per heavy atom. The molecule has 1 aromatic rings. The van der Waals surface area contributed by atoms with Crippen molar-refractivity contribution >= 4 is 32.6 Å². The van der Waals surface area contributed by atoms with Crippen molar-refractivity contribution in [1.82, 2.24) is 4.31 Å². The normalized spacial score (nSPS) is 23.7. The first kappa shape index (κ1) is 17.7. The molecule has 124 valence electrons. The van der Waals surface area contributed by atoms with Crippen LogP contribution in [0, 0.1) is 0 Å². The van der Waals surface area contributed by atoms with Gasteiger partial charge in [0.15, 0.2) is 0 Å². The van der Waals surface area contributed by atoms with Gasteiger partial charge < -0.3 is 4.74 Å². The van der Waals surface area contributed by atoms with Gasteiger partial charge in [0.05, 0.1) is 4.90 Å². The summed E-state index contributed by atoms with van der Waals surface area (Å²) in [5.41, 5.74) is 0. The maximum Gasteiger partial charge on any atom is 0.573 e. The summed E-state index contributed by atoms with van der Waals surface area (Å²) in [6.07, 6.45) is -4.81. The summed E-state index contributed by atoms with van der Waals surface area (Å²) in [6.45, 7) is 0.221. The lowest BCUT2D eigenvalue weighted by Gasteiger charge is -2.21. The molecule has 2 unspecified atom stereocenters. The zero-order valence-electron chi connectivity index (χ0n) is 11.0. The van der Waals surface area contributed by atoms with Gasteiger partial charge in [0.1, 0.15) is 15.9 Å². The van der Waals surface area contributed by atoms with Gasteiger partial charge in [-0.05, 0) is 30.7 Å². The van der Waals surface area contributed by atoms with Crippen molar-refractivity contribution in [3.63, 3.8) is 0 Å². The number of nitrogens with two attached hydrogens (primary N) is 1. The van der Waals surface area contributed by atoms with Crippen LogP contribution in [0.25, 0.3) is 0 Å². The van der Waals surface area contributed by atoms with E-state index in [1.54, 1.807) is 0 Å². The minimum absolute atomic E-state index is 0.124. The molecule has 2 N–H and O–H groups in total. The molecule has 1 aliphatic rings. The lowest BCUT2D eigenvalue weighted by Crippen LogP contribution is -2.36. The lowest BCUT2D eigenvalue weighted by molar-refractivity contribution is -0.274. The Morgan fingerprint density at radius 3 is 2.32 bits per heavy atom. The molecule has 0 aliphatic carbocycles. The second-order valence-electron chi connectivity index (χ2n) is 4.47. The van der Waals surface area contributed by atoms with Crippen molar-refractivity contribution in [3.8, 4) is 5.75 Å². The summed E-state index contributed by atoms with van der Waals surface area (Å²) < 4.78 is 65.6. The highest BCUT2D eigenvalue weighted by Gasteiger charge is 2.41. The Labute approximate surface area is 138 Å². The molecule has 1 aromatic carbocycles. The third-order valence-electron chi connectivity index (χ3n) is 3.05. The molecule has 1 heterocycles. The SMILES string of the molecule is NOC1CCN(S(=O)(=O)c2ccc(OC(F)(F)F)cc2)C1I. The van der Waals surface area contributed by atoms with E-state index in [-0.39, 0.29) is 11.4 Å². The molecule has 0 aromatic heterocycles. The van der Waals surface area contributed by atoms with Gasteiger partial charge in [0, 0.05) is 6.54 Å². The van der Waals surface area contributed by atoms with Crippen LogP contribution in [-0.2, 0) is 14.9 Å². The minimum atomic E-state index is -4.83. The van der Waals surface area contributed by atoms with Crippen LogP contribution in [0.15, 0.2) is 29.2 Å². The Kier molecular flexibility index (Phi) is 5.21. The molecule has 0 bridgehead atoms. The maximum atomic E-state index is 12.5. The summed E-state index contributed by atoms with van der Waals surface area (Å²) >= 11 is 1.90. The number of benzene rings is 1. The third kappa shape index (κ3) is 3.82.